The van der Waals surface area contributed by atoms with Gasteiger partial charge in [-0.15, -0.1) is 0 Å². The first-order valence-electron chi connectivity index (χ1n) is 4.94. The van der Waals surface area contributed by atoms with Gasteiger partial charge in [-0.3, -0.25) is 0 Å². The fraction of sp³-hybridized carbons (Fsp3) is 0.154. The highest BCUT2D eigenvalue weighted by Crippen LogP contribution is 2.21. The van der Waals surface area contributed by atoms with E-state index in [0.717, 1.165) is 22.1 Å². The molecule has 0 unspecified atom stereocenters. The van der Waals surface area contributed by atoms with Crippen molar-refractivity contribution in [3.63, 3.8) is 0 Å². The number of hydrogen-bond acceptors (Lipinski definition) is 3. The third kappa shape index (κ3) is 2.10. The van der Waals surface area contributed by atoms with Crippen molar-refractivity contribution in [1.82, 2.24) is 0 Å². The van der Waals surface area contributed by atoms with Gasteiger partial charge >= 0.3 is 0 Å². The average molecular weight is 213 g/mol. The molecule has 3 nitrogen and oxygen atoms in total. The van der Waals surface area contributed by atoms with Gasteiger partial charge in [-0.05, 0) is 34.5 Å². The predicted octanol–water partition coefficient (Wildman–Crippen LogP) is 2.68. The lowest BCUT2D eigenvalue weighted by Gasteiger charge is -2.03. The molecule has 2 aromatic rings. The van der Waals surface area contributed by atoms with E-state index in [1.54, 1.807) is 7.11 Å². The second-order valence-corrected chi connectivity index (χ2v) is 3.45. The summed E-state index contributed by atoms with van der Waals surface area (Å²) >= 11 is 0. The van der Waals surface area contributed by atoms with Crippen molar-refractivity contribution in [2.45, 2.75) is 6.54 Å². The van der Waals surface area contributed by atoms with Gasteiger partial charge in [-0.1, -0.05) is 18.2 Å². The van der Waals surface area contributed by atoms with Crippen LogP contribution >= 0.6 is 0 Å². The molecule has 0 saturated heterocycles. The maximum atomic E-state index is 10.0. The molecule has 0 radical (unpaired) electrons. The summed E-state index contributed by atoms with van der Waals surface area (Å²) in [5.74, 6) is 0.839. The first-order chi connectivity index (χ1) is 7.83. The Balaban J connectivity index is 2.43. The minimum atomic E-state index is 0.380. The van der Waals surface area contributed by atoms with Gasteiger partial charge in [0.15, 0.2) is 0 Å². The molecule has 0 spiro atoms. The summed E-state index contributed by atoms with van der Waals surface area (Å²) in [4.78, 5) is 13.6. The van der Waals surface area contributed by atoms with E-state index in [9.17, 15) is 4.79 Å². The summed E-state index contributed by atoms with van der Waals surface area (Å²) < 4.78 is 5.15. The quantitative estimate of drug-likeness (QED) is 0.580. The molecule has 0 bridgehead atoms. The number of carbonyl (C=O) groups excluding carboxylic acids is 1. The van der Waals surface area contributed by atoms with Crippen LogP contribution in [-0.2, 0) is 11.3 Å². The van der Waals surface area contributed by atoms with Gasteiger partial charge in [0.1, 0.15) is 5.75 Å². The van der Waals surface area contributed by atoms with E-state index in [2.05, 4.69) is 4.99 Å². The van der Waals surface area contributed by atoms with Crippen LogP contribution < -0.4 is 4.74 Å². The molecule has 0 fully saturated rings. The van der Waals surface area contributed by atoms with Gasteiger partial charge < -0.3 is 4.74 Å². The molecule has 16 heavy (non-hydrogen) atoms. The first-order valence-corrected chi connectivity index (χ1v) is 4.94. The molecule has 2 rings (SSSR count). The van der Waals surface area contributed by atoms with Crippen LogP contribution in [-0.4, -0.2) is 13.2 Å². The van der Waals surface area contributed by atoms with Crippen molar-refractivity contribution in [1.29, 1.82) is 0 Å². The second-order valence-electron chi connectivity index (χ2n) is 3.45. The molecule has 0 aliphatic heterocycles. The number of isocyanates is 1. The zero-order valence-electron chi connectivity index (χ0n) is 8.93. The number of ether oxygens (including phenoxy) is 1. The zero-order chi connectivity index (χ0) is 11.4. The van der Waals surface area contributed by atoms with Crippen LogP contribution in [0.5, 0.6) is 5.75 Å². The number of methoxy groups -OCH3 is 1. The predicted molar refractivity (Wildman–Crippen MR) is 62.3 cm³/mol. The molecular weight excluding hydrogens is 202 g/mol. The van der Waals surface area contributed by atoms with Crippen molar-refractivity contribution < 1.29 is 9.53 Å². The molecule has 0 heterocycles. The lowest BCUT2D eigenvalue weighted by molar-refractivity contribution is 0.415. The lowest BCUT2D eigenvalue weighted by atomic mass is 10.1. The molecule has 0 atom stereocenters. The molecule has 0 amide bonds. The topological polar surface area (TPSA) is 38.7 Å². The summed E-state index contributed by atoms with van der Waals surface area (Å²) in [6, 6.07) is 11.8. The smallest absolute Gasteiger partial charge is 0.235 e. The Bertz CT molecular complexity index is 557. The van der Waals surface area contributed by atoms with Crippen molar-refractivity contribution in [2.75, 3.05) is 7.11 Å². The van der Waals surface area contributed by atoms with Gasteiger partial charge in [-0.2, -0.15) is 0 Å². The standard InChI is InChI=1S/C13H11NO2/c1-16-13-5-4-11-6-10(8-14-9-15)2-3-12(11)7-13/h2-7H,8H2,1H3. The van der Waals surface area contributed by atoms with Crippen LogP contribution in [0.4, 0.5) is 0 Å². The highest BCUT2D eigenvalue weighted by Gasteiger charge is 1.98. The third-order valence-corrected chi connectivity index (χ3v) is 2.44. The van der Waals surface area contributed by atoms with E-state index in [1.165, 1.54) is 6.08 Å². The lowest BCUT2D eigenvalue weighted by Crippen LogP contribution is -1.84. The van der Waals surface area contributed by atoms with Crippen LogP contribution in [0.1, 0.15) is 5.56 Å². The van der Waals surface area contributed by atoms with E-state index >= 15 is 0 Å². The summed E-state index contributed by atoms with van der Waals surface area (Å²) in [7, 11) is 1.65. The van der Waals surface area contributed by atoms with E-state index in [0.29, 0.717) is 6.54 Å². The Morgan fingerprint density at radius 1 is 1.19 bits per heavy atom. The van der Waals surface area contributed by atoms with Gasteiger partial charge in [0.05, 0.1) is 13.7 Å². The van der Waals surface area contributed by atoms with Crippen LogP contribution in [0.3, 0.4) is 0 Å². The van der Waals surface area contributed by atoms with Gasteiger partial charge in [0.2, 0.25) is 6.08 Å². The summed E-state index contributed by atoms with van der Waals surface area (Å²) in [5, 5.41) is 2.22. The Labute approximate surface area is 93.4 Å². The average Bonchev–Trinajstić information content (AvgIpc) is 2.35. The van der Waals surface area contributed by atoms with E-state index in [-0.39, 0.29) is 0 Å². The maximum Gasteiger partial charge on any atom is 0.235 e. The normalized spacial score (nSPS) is 9.81. The monoisotopic (exact) mass is 213 g/mol. The van der Waals surface area contributed by atoms with E-state index < -0.39 is 0 Å². The minimum Gasteiger partial charge on any atom is -0.497 e. The Morgan fingerprint density at radius 3 is 2.69 bits per heavy atom. The largest absolute Gasteiger partial charge is 0.497 e. The zero-order valence-corrected chi connectivity index (χ0v) is 8.93. The van der Waals surface area contributed by atoms with Crippen LogP contribution in [0.2, 0.25) is 0 Å². The molecule has 0 aromatic heterocycles. The first kappa shape index (κ1) is 10.4. The fourth-order valence-corrected chi connectivity index (χ4v) is 1.62. The fourth-order valence-electron chi connectivity index (χ4n) is 1.62. The van der Waals surface area contributed by atoms with Gasteiger partial charge in [-0.25, -0.2) is 9.79 Å². The molecule has 3 heteroatoms. The van der Waals surface area contributed by atoms with Gasteiger partial charge in [0, 0.05) is 0 Å². The number of aliphatic imine (C=N–C) groups is 1. The SMILES string of the molecule is COc1ccc2cc(CN=C=O)ccc2c1. The maximum absolute atomic E-state index is 10.0. The van der Waals surface area contributed by atoms with Crippen molar-refractivity contribution in [3.8, 4) is 5.75 Å². The highest BCUT2D eigenvalue weighted by atomic mass is 16.5. The third-order valence-electron chi connectivity index (χ3n) is 2.44. The number of benzene rings is 2. The van der Waals surface area contributed by atoms with Gasteiger partial charge in [0.25, 0.3) is 0 Å². The Kier molecular flexibility index (Phi) is 2.99. The summed E-state index contributed by atoms with van der Waals surface area (Å²) in [5.41, 5.74) is 1.00. The highest BCUT2D eigenvalue weighted by molar-refractivity contribution is 5.84. The number of fused-ring (bicyclic) bond motifs is 1. The van der Waals surface area contributed by atoms with Crippen LogP contribution in [0.15, 0.2) is 41.4 Å². The molecule has 2 aromatic carbocycles. The van der Waals surface area contributed by atoms with Crippen LogP contribution in [0.25, 0.3) is 10.8 Å². The second kappa shape index (κ2) is 4.60. The molecule has 0 aliphatic carbocycles. The summed E-state index contributed by atoms with van der Waals surface area (Å²) in [6.07, 6.45) is 1.54. The Hall–Kier alpha value is -2.12. The number of rotatable bonds is 3. The van der Waals surface area contributed by atoms with Crippen molar-refractivity contribution in [3.05, 3.63) is 42.0 Å². The van der Waals surface area contributed by atoms with Crippen molar-refractivity contribution >= 4 is 16.9 Å². The van der Waals surface area contributed by atoms with E-state index in [1.807, 2.05) is 36.4 Å². The molecule has 0 N–H and O–H groups in total. The summed E-state index contributed by atoms with van der Waals surface area (Å²) in [6.45, 7) is 0.380. The van der Waals surface area contributed by atoms with E-state index in [4.69, 9.17) is 4.74 Å². The molecular formula is C13H11NO2. The minimum absolute atomic E-state index is 0.380. The van der Waals surface area contributed by atoms with Crippen LogP contribution in [0, 0.1) is 0 Å². The molecule has 0 aliphatic rings. The molecule has 80 valence electrons. The van der Waals surface area contributed by atoms with Crippen molar-refractivity contribution in [2.24, 2.45) is 4.99 Å². The molecule has 0 saturated carbocycles. The Morgan fingerprint density at radius 2 is 1.94 bits per heavy atom. The number of hydrogen-bond donors (Lipinski definition) is 0. The number of nitrogens with zero attached hydrogens (tertiary/aromatic N) is 1.